The van der Waals surface area contributed by atoms with Crippen molar-refractivity contribution in [2.24, 2.45) is 0 Å². The number of fused-ring (bicyclic) bond motifs is 1. The van der Waals surface area contributed by atoms with Crippen LogP contribution < -0.4 is 0 Å². The van der Waals surface area contributed by atoms with Crippen LogP contribution in [0.2, 0.25) is 5.02 Å². The first-order chi connectivity index (χ1) is 9.29. The van der Waals surface area contributed by atoms with E-state index in [0.717, 1.165) is 22.9 Å². The second-order valence-corrected chi connectivity index (χ2v) is 4.66. The summed E-state index contributed by atoms with van der Waals surface area (Å²) in [7, 11) is 0. The normalized spacial score (nSPS) is 10.8. The summed E-state index contributed by atoms with van der Waals surface area (Å²) >= 11 is 6.27. The number of halogens is 1. The second-order valence-electron chi connectivity index (χ2n) is 4.26. The Kier molecular flexibility index (Phi) is 3.13. The maximum atomic E-state index is 6.27. The zero-order valence-electron chi connectivity index (χ0n) is 10.4. The molecule has 0 unspecified atom stereocenters. The number of benzene rings is 1. The van der Waals surface area contributed by atoms with Gasteiger partial charge in [-0.2, -0.15) is 0 Å². The molecule has 0 N–H and O–H groups in total. The molecule has 0 spiro atoms. The maximum Gasteiger partial charge on any atom is 0.114 e. The first-order valence-electron chi connectivity index (χ1n) is 6.06. The molecule has 0 bridgehead atoms. The third kappa shape index (κ3) is 2.17. The maximum absolute atomic E-state index is 6.27. The monoisotopic (exact) mass is 268 g/mol. The molecule has 1 aromatic carbocycles. The molecule has 0 aliphatic heterocycles. The molecule has 3 rings (SSSR count). The fraction of sp³-hybridized carbons (Fsp3) is 0.133. The van der Waals surface area contributed by atoms with Gasteiger partial charge in [0, 0.05) is 23.3 Å². The fourth-order valence-electron chi connectivity index (χ4n) is 2.16. The fourth-order valence-corrected chi connectivity index (χ4v) is 2.42. The van der Waals surface area contributed by atoms with Crippen LogP contribution in [0.4, 0.5) is 0 Å². The van der Waals surface area contributed by atoms with E-state index in [4.69, 9.17) is 11.6 Å². The highest BCUT2D eigenvalue weighted by atomic mass is 35.5. The van der Waals surface area contributed by atoms with Gasteiger partial charge >= 0.3 is 0 Å². The van der Waals surface area contributed by atoms with Gasteiger partial charge < -0.3 is 0 Å². The zero-order chi connectivity index (χ0) is 13.2. The summed E-state index contributed by atoms with van der Waals surface area (Å²) in [6.45, 7) is 2.13. The molecule has 3 nitrogen and oxygen atoms in total. The molecule has 93 valence electrons. The molecular weight excluding hydrogens is 258 g/mol. The second kappa shape index (κ2) is 4.94. The molecule has 0 aliphatic rings. The number of pyridine rings is 1. The molecule has 0 saturated heterocycles. The van der Waals surface area contributed by atoms with Crippen molar-refractivity contribution < 1.29 is 0 Å². The number of hydrogen-bond acceptors (Lipinski definition) is 3. The van der Waals surface area contributed by atoms with E-state index < -0.39 is 0 Å². The van der Waals surface area contributed by atoms with Gasteiger partial charge in [0.15, 0.2) is 0 Å². The zero-order valence-corrected chi connectivity index (χ0v) is 11.1. The highest BCUT2D eigenvalue weighted by molar-refractivity contribution is 6.35. The van der Waals surface area contributed by atoms with E-state index >= 15 is 0 Å². The summed E-state index contributed by atoms with van der Waals surface area (Å²) in [5, 5.41) is 9.27. The lowest BCUT2D eigenvalue weighted by atomic mass is 9.99. The molecule has 0 amide bonds. The summed E-state index contributed by atoms with van der Waals surface area (Å²) < 4.78 is 0. The highest BCUT2D eigenvalue weighted by Crippen LogP contribution is 2.30. The number of nitrogens with zero attached hydrogens (tertiary/aromatic N) is 3. The summed E-state index contributed by atoms with van der Waals surface area (Å²) in [6.07, 6.45) is 7.37. The molecular formula is C15H11ClN3. The lowest BCUT2D eigenvalue weighted by Gasteiger charge is -2.09. The Morgan fingerprint density at radius 3 is 3.05 bits per heavy atom. The Labute approximate surface area is 116 Å². The molecule has 4 heteroatoms. The molecule has 3 aromatic rings. The quantitative estimate of drug-likeness (QED) is 0.711. The summed E-state index contributed by atoms with van der Waals surface area (Å²) in [4.78, 5) is 4.20. The lowest BCUT2D eigenvalue weighted by molar-refractivity contribution is 1.07. The van der Waals surface area contributed by atoms with Crippen LogP contribution in [0.3, 0.4) is 0 Å². The van der Waals surface area contributed by atoms with Gasteiger partial charge in [0.2, 0.25) is 0 Å². The van der Waals surface area contributed by atoms with Crippen molar-refractivity contribution in [3.63, 3.8) is 0 Å². The van der Waals surface area contributed by atoms with Gasteiger partial charge in [-0.15, -0.1) is 10.2 Å². The molecule has 0 aliphatic carbocycles. The van der Waals surface area contributed by atoms with Crippen molar-refractivity contribution in [2.45, 2.75) is 13.3 Å². The first kappa shape index (κ1) is 12.1. The molecule has 2 heterocycles. The summed E-state index contributed by atoms with van der Waals surface area (Å²) in [5.41, 5.74) is 4.09. The topological polar surface area (TPSA) is 38.7 Å². The van der Waals surface area contributed by atoms with Crippen LogP contribution in [-0.4, -0.2) is 15.2 Å². The average Bonchev–Trinajstić information content (AvgIpc) is 2.47. The minimum atomic E-state index is 0.597. The molecule has 0 saturated carbocycles. The van der Waals surface area contributed by atoms with Crippen molar-refractivity contribution in [3.05, 3.63) is 53.4 Å². The molecule has 2 aromatic heterocycles. The Morgan fingerprint density at radius 2 is 2.21 bits per heavy atom. The van der Waals surface area contributed by atoms with Crippen LogP contribution in [0.15, 0.2) is 36.7 Å². The molecule has 1 radical (unpaired) electrons. The van der Waals surface area contributed by atoms with Gasteiger partial charge in [-0.05, 0) is 41.8 Å². The van der Waals surface area contributed by atoms with Crippen LogP contribution in [0, 0.1) is 6.20 Å². The largest absolute Gasteiger partial charge is 0.264 e. The molecule has 19 heavy (non-hydrogen) atoms. The van der Waals surface area contributed by atoms with Crippen LogP contribution in [0.5, 0.6) is 0 Å². The van der Waals surface area contributed by atoms with Gasteiger partial charge in [0.1, 0.15) is 11.7 Å². The third-order valence-corrected chi connectivity index (χ3v) is 3.41. The Hall–Kier alpha value is -2.00. The van der Waals surface area contributed by atoms with E-state index in [2.05, 4.69) is 28.3 Å². The Balaban J connectivity index is 2.26. The van der Waals surface area contributed by atoms with Gasteiger partial charge in [0.05, 0.1) is 5.02 Å². The molecule has 0 fully saturated rings. The Bertz CT molecular complexity index is 740. The lowest BCUT2D eigenvalue weighted by Crippen LogP contribution is -1.91. The Morgan fingerprint density at radius 1 is 1.32 bits per heavy atom. The van der Waals surface area contributed by atoms with Crippen molar-refractivity contribution in [1.29, 1.82) is 0 Å². The van der Waals surface area contributed by atoms with Crippen LogP contribution in [0.25, 0.3) is 22.0 Å². The number of rotatable bonds is 2. The highest BCUT2D eigenvalue weighted by Gasteiger charge is 2.08. The predicted octanol–water partition coefficient (Wildman–Crippen LogP) is 3.71. The van der Waals surface area contributed by atoms with Crippen molar-refractivity contribution in [2.75, 3.05) is 0 Å². The molecule has 0 atom stereocenters. The van der Waals surface area contributed by atoms with Gasteiger partial charge in [-0.3, -0.25) is 4.98 Å². The minimum absolute atomic E-state index is 0.597. The van der Waals surface area contributed by atoms with E-state index in [1.54, 1.807) is 6.07 Å². The van der Waals surface area contributed by atoms with E-state index in [-0.39, 0.29) is 0 Å². The van der Waals surface area contributed by atoms with Crippen LogP contribution in [0.1, 0.15) is 12.5 Å². The average molecular weight is 269 g/mol. The van der Waals surface area contributed by atoms with Gasteiger partial charge in [-0.1, -0.05) is 18.5 Å². The van der Waals surface area contributed by atoms with Crippen LogP contribution in [-0.2, 0) is 6.42 Å². The van der Waals surface area contributed by atoms with E-state index in [9.17, 15) is 0 Å². The number of aromatic nitrogens is 3. The summed E-state index contributed by atoms with van der Waals surface area (Å²) in [6, 6.07) is 7.78. The smallest absolute Gasteiger partial charge is 0.114 e. The van der Waals surface area contributed by atoms with E-state index in [1.165, 1.54) is 5.56 Å². The number of aryl methyl sites for hydroxylation is 1. The predicted molar refractivity (Wildman–Crippen MR) is 76.0 cm³/mol. The SMILES string of the molecule is CCc1ccncc1-c1cc(Cl)c2nn[c]cc2c1. The first-order valence-corrected chi connectivity index (χ1v) is 6.43. The van der Waals surface area contributed by atoms with Gasteiger partial charge in [-0.25, -0.2) is 0 Å². The third-order valence-electron chi connectivity index (χ3n) is 3.12. The van der Waals surface area contributed by atoms with E-state index in [0.29, 0.717) is 10.5 Å². The van der Waals surface area contributed by atoms with Crippen molar-refractivity contribution in [1.82, 2.24) is 15.2 Å². The standard InChI is InChI=1S/C15H11ClN3/c1-2-10-3-5-17-9-13(10)12-7-11-4-6-18-19-15(11)14(16)8-12/h3-5,7-9H,2H2,1H3. The van der Waals surface area contributed by atoms with Crippen molar-refractivity contribution in [3.8, 4) is 11.1 Å². The van der Waals surface area contributed by atoms with E-state index in [1.807, 2.05) is 30.6 Å². The summed E-state index contributed by atoms with van der Waals surface area (Å²) in [5.74, 6) is 0. The minimum Gasteiger partial charge on any atom is -0.264 e. The van der Waals surface area contributed by atoms with Crippen LogP contribution >= 0.6 is 11.6 Å². The van der Waals surface area contributed by atoms with Gasteiger partial charge in [0.25, 0.3) is 0 Å². The number of hydrogen-bond donors (Lipinski definition) is 0. The van der Waals surface area contributed by atoms with Crippen molar-refractivity contribution >= 4 is 22.5 Å².